The molecule has 0 radical (unpaired) electrons. The van der Waals surface area contributed by atoms with Gasteiger partial charge in [0.1, 0.15) is 17.5 Å². The van der Waals surface area contributed by atoms with Crippen molar-refractivity contribution in [2.75, 3.05) is 18.4 Å². The quantitative estimate of drug-likeness (QED) is 0.424. The summed E-state index contributed by atoms with van der Waals surface area (Å²) in [4.78, 5) is 38.5. The van der Waals surface area contributed by atoms with E-state index in [9.17, 15) is 9.59 Å². The van der Waals surface area contributed by atoms with Gasteiger partial charge in [-0.25, -0.2) is 4.98 Å². The van der Waals surface area contributed by atoms with Gasteiger partial charge in [-0.15, -0.1) is 0 Å². The maximum absolute atomic E-state index is 12.6. The van der Waals surface area contributed by atoms with Gasteiger partial charge >= 0.3 is 5.97 Å². The molecule has 0 atom stereocenters. The number of carbonyl (C=O) groups is 2. The van der Waals surface area contributed by atoms with E-state index in [1.54, 1.807) is 30.6 Å². The van der Waals surface area contributed by atoms with Crippen LogP contribution in [0.4, 0.5) is 5.82 Å². The van der Waals surface area contributed by atoms with E-state index in [0.29, 0.717) is 43.1 Å². The maximum Gasteiger partial charge on any atom is 0.303 e. The fourth-order valence-electron chi connectivity index (χ4n) is 3.43. The second-order valence-corrected chi connectivity index (χ2v) is 6.92. The number of aliphatic imine (C=N–C) groups is 1. The number of hydrogen-bond acceptors (Lipinski definition) is 7. The van der Waals surface area contributed by atoms with Crippen LogP contribution in [0.2, 0.25) is 0 Å². The summed E-state index contributed by atoms with van der Waals surface area (Å²) in [5, 5.41) is 12.0. The van der Waals surface area contributed by atoms with Crippen LogP contribution in [0.25, 0.3) is 0 Å². The largest absolute Gasteiger partial charge is 0.481 e. The molecule has 0 unspecified atom stereocenters. The summed E-state index contributed by atoms with van der Waals surface area (Å²) in [6.07, 6.45) is 6.97. The van der Waals surface area contributed by atoms with Gasteiger partial charge in [0.25, 0.3) is 0 Å². The topological polar surface area (TPSA) is 108 Å². The molecule has 0 aliphatic carbocycles. The zero-order chi connectivity index (χ0) is 20.2. The number of aryl methyl sites for hydroxylation is 1. The van der Waals surface area contributed by atoms with Crippen LogP contribution in [-0.4, -0.2) is 50.7 Å². The highest BCUT2D eigenvalue weighted by molar-refractivity contribution is 6.09. The van der Waals surface area contributed by atoms with Gasteiger partial charge in [-0.2, -0.15) is 0 Å². The van der Waals surface area contributed by atoms with Gasteiger partial charge in [0.05, 0.1) is 12.1 Å². The van der Waals surface area contributed by atoms with Crippen LogP contribution in [0.5, 0.6) is 0 Å². The zero-order valence-electron chi connectivity index (χ0n) is 15.8. The highest BCUT2D eigenvalue weighted by Crippen LogP contribution is 2.29. The Kier molecular flexibility index (Phi) is 5.33. The summed E-state index contributed by atoms with van der Waals surface area (Å²) < 4.78 is 0. The van der Waals surface area contributed by atoms with Gasteiger partial charge in [-0.3, -0.25) is 19.6 Å². The van der Waals surface area contributed by atoms with E-state index in [0.717, 1.165) is 23.5 Å². The molecular weight excluding hydrogens is 370 g/mol. The smallest absolute Gasteiger partial charge is 0.303 e. The number of amidine groups is 1. The number of nitrogens with zero attached hydrogens (tertiary/aromatic N) is 4. The van der Waals surface area contributed by atoms with Crippen molar-refractivity contribution in [1.82, 2.24) is 14.9 Å². The van der Waals surface area contributed by atoms with Crippen LogP contribution in [0.15, 0.2) is 53.5 Å². The molecule has 0 bridgehead atoms. The van der Waals surface area contributed by atoms with Gasteiger partial charge in [-0.05, 0) is 43.5 Å². The van der Waals surface area contributed by atoms with Crippen molar-refractivity contribution in [2.24, 2.45) is 4.99 Å². The molecule has 2 aliphatic heterocycles. The Morgan fingerprint density at radius 3 is 2.93 bits per heavy atom. The van der Waals surface area contributed by atoms with E-state index in [4.69, 9.17) is 10.1 Å². The third-order valence-electron chi connectivity index (χ3n) is 4.86. The number of anilines is 1. The molecule has 29 heavy (non-hydrogen) atoms. The van der Waals surface area contributed by atoms with Crippen molar-refractivity contribution in [2.45, 2.75) is 25.7 Å². The number of aliphatic carboxylic acids is 1. The van der Waals surface area contributed by atoms with Crippen molar-refractivity contribution < 1.29 is 14.7 Å². The number of ketones is 1. The van der Waals surface area contributed by atoms with Crippen molar-refractivity contribution in [3.8, 4) is 0 Å². The highest BCUT2D eigenvalue weighted by Gasteiger charge is 2.30. The SMILES string of the molecule is O=C(O)CCCCc1ccc2c(n1)NC(=CC(=O)c1cccnc1)N1CCN=C21. The van der Waals surface area contributed by atoms with Crippen LogP contribution < -0.4 is 5.32 Å². The second kappa shape index (κ2) is 8.22. The summed E-state index contributed by atoms with van der Waals surface area (Å²) in [6.45, 7) is 1.36. The van der Waals surface area contributed by atoms with E-state index in [-0.39, 0.29) is 12.2 Å². The Bertz CT molecular complexity index is 1000. The molecule has 4 rings (SSSR count). The first-order valence-corrected chi connectivity index (χ1v) is 9.59. The normalized spacial score (nSPS) is 16.1. The molecule has 2 aromatic rings. The standard InChI is InChI=1S/C21H21N5O3/c27-17(14-4-3-9-22-13-14)12-18-25-20-16(21-23-10-11-26(18)21)8-7-15(24-20)5-1-2-6-19(28)29/h3-4,7-9,12-13H,1-2,5-6,10-11H2,(H,24,25)(H,28,29). The number of rotatable bonds is 7. The first-order chi connectivity index (χ1) is 14.1. The number of fused-ring (bicyclic) bond motifs is 3. The molecule has 2 aromatic heterocycles. The number of aromatic nitrogens is 2. The van der Waals surface area contributed by atoms with Crippen LogP contribution >= 0.6 is 0 Å². The number of hydrogen-bond donors (Lipinski definition) is 2. The van der Waals surface area contributed by atoms with E-state index in [1.165, 1.54) is 0 Å². The lowest BCUT2D eigenvalue weighted by molar-refractivity contribution is -0.137. The minimum Gasteiger partial charge on any atom is -0.481 e. The lowest BCUT2D eigenvalue weighted by atomic mass is 10.1. The van der Waals surface area contributed by atoms with E-state index in [1.807, 2.05) is 17.0 Å². The number of carboxylic acids is 1. The number of allylic oxidation sites excluding steroid dienone is 1. The second-order valence-electron chi connectivity index (χ2n) is 6.92. The Morgan fingerprint density at radius 2 is 2.14 bits per heavy atom. The molecule has 0 spiro atoms. The maximum atomic E-state index is 12.6. The van der Waals surface area contributed by atoms with Crippen LogP contribution in [0.1, 0.15) is 40.9 Å². The molecule has 8 nitrogen and oxygen atoms in total. The van der Waals surface area contributed by atoms with E-state index in [2.05, 4.69) is 15.3 Å². The fraction of sp³-hybridized carbons (Fsp3) is 0.286. The van der Waals surface area contributed by atoms with E-state index >= 15 is 0 Å². The fourth-order valence-corrected chi connectivity index (χ4v) is 3.43. The first-order valence-electron chi connectivity index (χ1n) is 9.59. The predicted molar refractivity (Wildman–Crippen MR) is 108 cm³/mol. The average Bonchev–Trinajstić information content (AvgIpc) is 3.22. The Labute approximate surface area is 168 Å². The molecule has 0 aromatic carbocycles. The van der Waals surface area contributed by atoms with Crippen LogP contribution in [0, 0.1) is 0 Å². The minimum absolute atomic E-state index is 0.139. The molecule has 148 valence electrons. The van der Waals surface area contributed by atoms with Crippen LogP contribution in [0.3, 0.4) is 0 Å². The van der Waals surface area contributed by atoms with Crippen molar-refractivity contribution in [3.63, 3.8) is 0 Å². The number of unbranched alkanes of at least 4 members (excludes halogenated alkanes) is 1. The number of pyridine rings is 2. The Hall–Kier alpha value is -3.55. The predicted octanol–water partition coefficient (Wildman–Crippen LogP) is 2.49. The molecule has 2 N–H and O–H groups in total. The van der Waals surface area contributed by atoms with Gasteiger partial charge in [0.15, 0.2) is 5.78 Å². The lowest BCUT2D eigenvalue weighted by Gasteiger charge is -2.30. The monoisotopic (exact) mass is 391 g/mol. The average molecular weight is 391 g/mol. The van der Waals surface area contributed by atoms with E-state index < -0.39 is 5.97 Å². The summed E-state index contributed by atoms with van der Waals surface area (Å²) in [5.74, 6) is 1.22. The first kappa shape index (κ1) is 18.8. The summed E-state index contributed by atoms with van der Waals surface area (Å²) >= 11 is 0. The Balaban J connectivity index is 1.56. The third kappa shape index (κ3) is 4.16. The van der Waals surface area contributed by atoms with Gasteiger partial charge < -0.3 is 15.3 Å². The summed E-state index contributed by atoms with van der Waals surface area (Å²) in [7, 11) is 0. The third-order valence-corrected chi connectivity index (χ3v) is 4.86. The molecule has 0 amide bonds. The lowest BCUT2D eigenvalue weighted by Crippen LogP contribution is -2.37. The molecule has 0 fully saturated rings. The van der Waals surface area contributed by atoms with Gasteiger partial charge in [0, 0.05) is 42.7 Å². The molecule has 2 aliphatic rings. The van der Waals surface area contributed by atoms with Gasteiger partial charge in [0.2, 0.25) is 0 Å². The number of carboxylic acid groups (broad SMARTS) is 1. The molecule has 4 heterocycles. The molecule has 0 saturated heterocycles. The number of carbonyl (C=O) groups excluding carboxylic acids is 1. The van der Waals surface area contributed by atoms with Crippen molar-refractivity contribution in [1.29, 1.82) is 0 Å². The summed E-state index contributed by atoms with van der Waals surface area (Å²) in [5.41, 5.74) is 2.31. The van der Waals surface area contributed by atoms with Crippen molar-refractivity contribution >= 4 is 23.4 Å². The zero-order valence-corrected chi connectivity index (χ0v) is 15.8. The van der Waals surface area contributed by atoms with Crippen LogP contribution in [-0.2, 0) is 11.2 Å². The minimum atomic E-state index is -0.780. The summed E-state index contributed by atoms with van der Waals surface area (Å²) in [6, 6.07) is 7.40. The number of nitrogens with one attached hydrogen (secondary N) is 1. The highest BCUT2D eigenvalue weighted by atomic mass is 16.4. The van der Waals surface area contributed by atoms with Crippen molar-refractivity contribution in [3.05, 3.63) is 65.4 Å². The Morgan fingerprint density at radius 1 is 1.24 bits per heavy atom. The van der Waals surface area contributed by atoms with Gasteiger partial charge in [-0.1, -0.05) is 0 Å². The molecule has 8 heteroatoms. The molecule has 0 saturated carbocycles. The molecular formula is C21H21N5O3.